The first-order valence-electron chi connectivity index (χ1n) is 5.10. The Kier molecular flexibility index (Phi) is 2.13. The Morgan fingerprint density at radius 2 is 2.17 bits per heavy atom. The smallest absolute Gasteiger partial charge is 0.0502 e. The van der Waals surface area contributed by atoms with Crippen LogP contribution in [0, 0.1) is 5.41 Å². The third-order valence-corrected chi connectivity index (χ3v) is 3.68. The summed E-state index contributed by atoms with van der Waals surface area (Å²) in [6.07, 6.45) is 6.50. The largest absolute Gasteiger partial charge is 0.396 e. The highest BCUT2D eigenvalue weighted by Gasteiger charge is 2.50. The maximum Gasteiger partial charge on any atom is 0.0502 e. The van der Waals surface area contributed by atoms with Gasteiger partial charge in [0, 0.05) is 11.5 Å². The quantitative estimate of drug-likeness (QED) is 0.672. The molecule has 0 spiro atoms. The summed E-state index contributed by atoms with van der Waals surface area (Å²) in [6.45, 7) is 1.63. The molecule has 12 heavy (non-hydrogen) atoms. The molecule has 1 aliphatic carbocycles. The van der Waals surface area contributed by atoms with Crippen molar-refractivity contribution in [2.45, 2.75) is 38.1 Å². The predicted molar refractivity (Wildman–Crippen MR) is 49.0 cm³/mol. The lowest BCUT2D eigenvalue weighted by Crippen LogP contribution is -2.44. The molecule has 2 fully saturated rings. The first-order valence-corrected chi connectivity index (χ1v) is 5.10. The van der Waals surface area contributed by atoms with Gasteiger partial charge in [-0.2, -0.15) is 0 Å². The van der Waals surface area contributed by atoms with Gasteiger partial charge in [-0.3, -0.25) is 0 Å². The number of likely N-dealkylation sites (tertiary alicyclic amines) is 1. The van der Waals surface area contributed by atoms with E-state index in [0.717, 1.165) is 0 Å². The maximum absolute atomic E-state index is 9.30. The lowest BCUT2D eigenvalue weighted by Gasteiger charge is -2.37. The normalized spacial score (nSPS) is 35.0. The standard InChI is InChI=1S/C10H19NO/c1-11-7-3-2-4-9(11)10(8-12)5-6-10/h9,12H,2-8H2,1H3. The highest BCUT2D eigenvalue weighted by atomic mass is 16.3. The number of aliphatic hydroxyl groups is 1. The maximum atomic E-state index is 9.30. The molecule has 0 amide bonds. The highest BCUT2D eigenvalue weighted by molar-refractivity contribution is 5.03. The molecular formula is C10H19NO. The molecule has 1 aliphatic heterocycles. The van der Waals surface area contributed by atoms with Crippen LogP contribution < -0.4 is 0 Å². The number of hydrogen-bond acceptors (Lipinski definition) is 2. The number of hydrogen-bond donors (Lipinski definition) is 1. The minimum absolute atomic E-state index is 0.315. The van der Waals surface area contributed by atoms with Crippen LogP contribution in [0.4, 0.5) is 0 Å². The summed E-state index contributed by atoms with van der Waals surface area (Å²) in [5.74, 6) is 0. The molecule has 0 aromatic heterocycles. The van der Waals surface area contributed by atoms with E-state index in [1.54, 1.807) is 0 Å². The molecule has 2 rings (SSSR count). The SMILES string of the molecule is CN1CCCCC1C1(CO)CC1. The van der Waals surface area contributed by atoms with Crippen molar-refractivity contribution in [2.75, 3.05) is 20.2 Å². The van der Waals surface area contributed by atoms with Gasteiger partial charge in [0.1, 0.15) is 0 Å². The fourth-order valence-electron chi connectivity index (χ4n) is 2.61. The van der Waals surface area contributed by atoms with Gasteiger partial charge >= 0.3 is 0 Å². The second kappa shape index (κ2) is 3.00. The fraction of sp³-hybridized carbons (Fsp3) is 1.00. The Morgan fingerprint density at radius 1 is 1.42 bits per heavy atom. The van der Waals surface area contributed by atoms with Crippen molar-refractivity contribution in [3.63, 3.8) is 0 Å². The van der Waals surface area contributed by atoms with E-state index in [9.17, 15) is 5.11 Å². The van der Waals surface area contributed by atoms with Crippen LogP contribution in [-0.4, -0.2) is 36.2 Å². The van der Waals surface area contributed by atoms with Crippen LogP contribution in [0.3, 0.4) is 0 Å². The van der Waals surface area contributed by atoms with Gasteiger partial charge in [-0.1, -0.05) is 6.42 Å². The molecule has 0 aromatic carbocycles. The van der Waals surface area contributed by atoms with E-state index in [4.69, 9.17) is 0 Å². The van der Waals surface area contributed by atoms with Crippen molar-refractivity contribution < 1.29 is 5.11 Å². The summed E-state index contributed by atoms with van der Waals surface area (Å²) < 4.78 is 0. The number of rotatable bonds is 2. The molecule has 1 heterocycles. The molecule has 1 atom stereocenters. The molecule has 1 saturated heterocycles. The Hall–Kier alpha value is -0.0800. The van der Waals surface area contributed by atoms with Gasteiger partial charge in [-0.15, -0.1) is 0 Å². The van der Waals surface area contributed by atoms with Crippen molar-refractivity contribution in [1.29, 1.82) is 0 Å². The van der Waals surface area contributed by atoms with Crippen LogP contribution in [-0.2, 0) is 0 Å². The van der Waals surface area contributed by atoms with E-state index < -0.39 is 0 Å². The fourth-order valence-corrected chi connectivity index (χ4v) is 2.61. The zero-order valence-electron chi connectivity index (χ0n) is 7.92. The van der Waals surface area contributed by atoms with Crippen LogP contribution in [0.2, 0.25) is 0 Å². The Morgan fingerprint density at radius 3 is 2.67 bits per heavy atom. The van der Waals surface area contributed by atoms with Gasteiger partial charge in [-0.25, -0.2) is 0 Å². The molecule has 0 radical (unpaired) electrons. The van der Waals surface area contributed by atoms with Gasteiger partial charge in [0.05, 0.1) is 6.61 Å². The average Bonchev–Trinajstić information content (AvgIpc) is 2.86. The van der Waals surface area contributed by atoms with Gasteiger partial charge in [0.2, 0.25) is 0 Å². The zero-order valence-corrected chi connectivity index (χ0v) is 7.92. The summed E-state index contributed by atoms with van der Waals surface area (Å²) >= 11 is 0. The van der Waals surface area contributed by atoms with E-state index in [2.05, 4.69) is 11.9 Å². The van der Waals surface area contributed by atoms with Gasteiger partial charge in [0.25, 0.3) is 0 Å². The summed E-state index contributed by atoms with van der Waals surface area (Å²) in [7, 11) is 2.21. The molecule has 2 heteroatoms. The zero-order chi connectivity index (χ0) is 8.60. The monoisotopic (exact) mass is 169 g/mol. The lowest BCUT2D eigenvalue weighted by atomic mass is 9.88. The molecule has 1 N–H and O–H groups in total. The third-order valence-electron chi connectivity index (χ3n) is 3.68. The molecule has 0 bridgehead atoms. The van der Waals surface area contributed by atoms with E-state index in [1.165, 1.54) is 38.6 Å². The molecule has 2 nitrogen and oxygen atoms in total. The number of piperidine rings is 1. The molecule has 2 aliphatic rings. The Labute approximate surface area is 74.6 Å². The first kappa shape index (κ1) is 8.52. The summed E-state index contributed by atoms with van der Waals surface area (Å²) in [5, 5.41) is 9.30. The molecule has 1 unspecified atom stereocenters. The van der Waals surface area contributed by atoms with Crippen molar-refractivity contribution in [3.05, 3.63) is 0 Å². The van der Waals surface area contributed by atoms with Crippen LogP contribution in [0.15, 0.2) is 0 Å². The van der Waals surface area contributed by atoms with Crippen LogP contribution >= 0.6 is 0 Å². The second-order valence-corrected chi connectivity index (χ2v) is 4.51. The summed E-state index contributed by atoms with van der Waals surface area (Å²) in [4.78, 5) is 2.45. The second-order valence-electron chi connectivity index (χ2n) is 4.51. The van der Waals surface area contributed by atoms with Gasteiger partial charge < -0.3 is 10.0 Å². The Balaban J connectivity index is 2.01. The Bertz CT molecular complexity index is 165. The van der Waals surface area contributed by atoms with E-state index in [1.807, 2.05) is 0 Å². The van der Waals surface area contributed by atoms with Crippen LogP contribution in [0.1, 0.15) is 32.1 Å². The molecule has 1 saturated carbocycles. The van der Waals surface area contributed by atoms with E-state index in [0.29, 0.717) is 18.1 Å². The van der Waals surface area contributed by atoms with Gasteiger partial charge in [0.15, 0.2) is 0 Å². The molecule has 0 aromatic rings. The lowest BCUT2D eigenvalue weighted by molar-refractivity contribution is 0.0721. The minimum Gasteiger partial charge on any atom is -0.396 e. The predicted octanol–water partition coefficient (Wildman–Crippen LogP) is 1.24. The summed E-state index contributed by atoms with van der Waals surface area (Å²) in [5.41, 5.74) is 0.315. The van der Waals surface area contributed by atoms with Gasteiger partial charge in [-0.05, 0) is 39.3 Å². The minimum atomic E-state index is 0.315. The highest BCUT2D eigenvalue weighted by Crippen LogP contribution is 2.51. The number of aliphatic hydroxyl groups excluding tert-OH is 1. The third kappa shape index (κ3) is 1.27. The van der Waals surface area contributed by atoms with Crippen molar-refractivity contribution in [2.24, 2.45) is 5.41 Å². The topological polar surface area (TPSA) is 23.5 Å². The van der Waals surface area contributed by atoms with Crippen molar-refractivity contribution in [3.8, 4) is 0 Å². The number of nitrogens with zero attached hydrogens (tertiary/aromatic N) is 1. The van der Waals surface area contributed by atoms with Crippen LogP contribution in [0.25, 0.3) is 0 Å². The average molecular weight is 169 g/mol. The van der Waals surface area contributed by atoms with E-state index in [-0.39, 0.29) is 0 Å². The van der Waals surface area contributed by atoms with Crippen molar-refractivity contribution >= 4 is 0 Å². The first-order chi connectivity index (χ1) is 5.78. The summed E-state index contributed by atoms with van der Waals surface area (Å²) in [6, 6.07) is 0.677. The van der Waals surface area contributed by atoms with Crippen molar-refractivity contribution in [1.82, 2.24) is 4.90 Å². The molecular weight excluding hydrogens is 150 g/mol. The molecule has 70 valence electrons. The van der Waals surface area contributed by atoms with E-state index >= 15 is 0 Å². The van der Waals surface area contributed by atoms with Crippen LogP contribution in [0.5, 0.6) is 0 Å².